The van der Waals surface area contributed by atoms with Crippen LogP contribution in [0.2, 0.25) is 0 Å². The molecule has 21 heavy (non-hydrogen) atoms. The molecule has 1 aliphatic heterocycles. The SMILES string of the molecule is O=C(O)C1CN(CCSc2ccccc2)c2ccccc21. The highest BCUT2D eigenvalue weighted by molar-refractivity contribution is 7.99. The van der Waals surface area contributed by atoms with E-state index < -0.39 is 11.9 Å². The molecule has 0 saturated heterocycles. The number of thioether (sulfide) groups is 1. The molecule has 2 aromatic rings. The molecular formula is C17H17NO2S. The molecule has 0 radical (unpaired) electrons. The zero-order valence-electron chi connectivity index (χ0n) is 11.6. The predicted octanol–water partition coefficient (Wildman–Crippen LogP) is 3.47. The Labute approximate surface area is 128 Å². The van der Waals surface area contributed by atoms with E-state index in [0.717, 1.165) is 23.5 Å². The van der Waals surface area contributed by atoms with E-state index in [1.54, 1.807) is 11.8 Å². The number of hydrogen-bond acceptors (Lipinski definition) is 3. The van der Waals surface area contributed by atoms with E-state index >= 15 is 0 Å². The quantitative estimate of drug-likeness (QED) is 0.858. The molecule has 0 aliphatic carbocycles. The Morgan fingerprint density at radius 2 is 1.86 bits per heavy atom. The number of hydrogen-bond donors (Lipinski definition) is 1. The molecule has 3 rings (SSSR count). The van der Waals surface area contributed by atoms with Crippen molar-refractivity contribution in [3.8, 4) is 0 Å². The second kappa shape index (κ2) is 6.22. The minimum Gasteiger partial charge on any atom is -0.481 e. The molecule has 108 valence electrons. The summed E-state index contributed by atoms with van der Waals surface area (Å²) in [6, 6.07) is 18.1. The third-order valence-corrected chi connectivity index (χ3v) is 4.72. The number of anilines is 1. The third-order valence-electron chi connectivity index (χ3n) is 3.73. The van der Waals surface area contributed by atoms with Crippen molar-refractivity contribution in [2.75, 3.05) is 23.7 Å². The zero-order chi connectivity index (χ0) is 14.7. The number of fused-ring (bicyclic) bond motifs is 1. The van der Waals surface area contributed by atoms with E-state index in [2.05, 4.69) is 17.0 Å². The van der Waals surface area contributed by atoms with Crippen molar-refractivity contribution in [2.24, 2.45) is 0 Å². The van der Waals surface area contributed by atoms with Crippen molar-refractivity contribution < 1.29 is 9.90 Å². The number of carbonyl (C=O) groups is 1. The van der Waals surface area contributed by atoms with Crippen molar-refractivity contribution in [1.82, 2.24) is 0 Å². The summed E-state index contributed by atoms with van der Waals surface area (Å²) in [6.45, 7) is 1.43. The molecule has 1 heterocycles. The molecule has 0 bridgehead atoms. The van der Waals surface area contributed by atoms with Crippen LogP contribution in [0.15, 0.2) is 59.5 Å². The van der Waals surface area contributed by atoms with Crippen LogP contribution in [-0.2, 0) is 4.79 Å². The van der Waals surface area contributed by atoms with Crippen molar-refractivity contribution in [2.45, 2.75) is 10.8 Å². The smallest absolute Gasteiger partial charge is 0.312 e. The van der Waals surface area contributed by atoms with Crippen molar-refractivity contribution in [3.63, 3.8) is 0 Å². The molecule has 4 heteroatoms. The van der Waals surface area contributed by atoms with Gasteiger partial charge in [-0.2, -0.15) is 0 Å². The first-order chi connectivity index (χ1) is 10.3. The fraction of sp³-hybridized carbons (Fsp3) is 0.235. The van der Waals surface area contributed by atoms with Gasteiger partial charge in [-0.1, -0.05) is 36.4 Å². The van der Waals surface area contributed by atoms with Crippen LogP contribution in [0, 0.1) is 0 Å². The van der Waals surface area contributed by atoms with E-state index in [1.807, 2.05) is 42.5 Å². The van der Waals surface area contributed by atoms with Crippen molar-refractivity contribution in [3.05, 3.63) is 60.2 Å². The number of carboxylic acids is 1. The maximum Gasteiger partial charge on any atom is 0.312 e. The van der Waals surface area contributed by atoms with Crippen LogP contribution in [-0.4, -0.2) is 29.9 Å². The standard InChI is InChI=1S/C17H17NO2S/c19-17(20)15-12-18(16-9-5-4-8-14(15)16)10-11-21-13-6-2-1-3-7-13/h1-9,15H,10-12H2,(H,19,20). The van der Waals surface area contributed by atoms with Gasteiger partial charge in [-0.05, 0) is 23.8 Å². The highest BCUT2D eigenvalue weighted by Crippen LogP contribution is 2.36. The second-order valence-corrected chi connectivity index (χ2v) is 6.23. The summed E-state index contributed by atoms with van der Waals surface area (Å²) in [5.41, 5.74) is 2.01. The Balaban J connectivity index is 1.66. The number of benzene rings is 2. The number of para-hydroxylation sites is 1. The average Bonchev–Trinajstić information content (AvgIpc) is 2.88. The van der Waals surface area contributed by atoms with Crippen LogP contribution < -0.4 is 4.90 Å². The van der Waals surface area contributed by atoms with Crippen LogP contribution in [0.4, 0.5) is 5.69 Å². The van der Waals surface area contributed by atoms with Gasteiger partial charge in [-0.3, -0.25) is 4.79 Å². The lowest BCUT2D eigenvalue weighted by Gasteiger charge is -2.19. The number of nitrogens with zero attached hydrogens (tertiary/aromatic N) is 1. The van der Waals surface area contributed by atoms with Gasteiger partial charge in [0.1, 0.15) is 5.92 Å². The molecule has 1 atom stereocenters. The molecule has 2 aromatic carbocycles. The van der Waals surface area contributed by atoms with Gasteiger partial charge in [0.2, 0.25) is 0 Å². The summed E-state index contributed by atoms with van der Waals surface area (Å²) in [7, 11) is 0. The molecule has 1 N–H and O–H groups in total. The fourth-order valence-electron chi connectivity index (χ4n) is 2.70. The third kappa shape index (κ3) is 3.05. The molecule has 3 nitrogen and oxygen atoms in total. The predicted molar refractivity (Wildman–Crippen MR) is 86.2 cm³/mol. The largest absolute Gasteiger partial charge is 0.481 e. The van der Waals surface area contributed by atoms with Gasteiger partial charge in [0.25, 0.3) is 0 Å². The Morgan fingerprint density at radius 3 is 2.62 bits per heavy atom. The lowest BCUT2D eigenvalue weighted by atomic mass is 10.0. The van der Waals surface area contributed by atoms with E-state index in [9.17, 15) is 9.90 Å². The summed E-state index contributed by atoms with van der Waals surface area (Å²) in [5.74, 6) is -0.186. The Morgan fingerprint density at radius 1 is 1.14 bits per heavy atom. The lowest BCUT2D eigenvalue weighted by Crippen LogP contribution is -2.26. The van der Waals surface area contributed by atoms with Crippen LogP contribution in [0.25, 0.3) is 0 Å². The highest BCUT2D eigenvalue weighted by Gasteiger charge is 2.32. The van der Waals surface area contributed by atoms with Crippen LogP contribution in [0.5, 0.6) is 0 Å². The van der Waals surface area contributed by atoms with Crippen LogP contribution >= 0.6 is 11.8 Å². The number of carboxylic acid groups (broad SMARTS) is 1. The van der Waals surface area contributed by atoms with Gasteiger partial charge in [0, 0.05) is 29.4 Å². The Hall–Kier alpha value is -1.94. The Kier molecular flexibility index (Phi) is 4.15. The molecule has 0 fully saturated rings. The van der Waals surface area contributed by atoms with Crippen molar-refractivity contribution in [1.29, 1.82) is 0 Å². The van der Waals surface area contributed by atoms with Gasteiger partial charge in [0.15, 0.2) is 0 Å². The summed E-state index contributed by atoms with van der Waals surface area (Å²) in [6.07, 6.45) is 0. The summed E-state index contributed by atoms with van der Waals surface area (Å²) in [5, 5.41) is 9.35. The fourth-order valence-corrected chi connectivity index (χ4v) is 3.60. The van der Waals surface area contributed by atoms with E-state index in [4.69, 9.17) is 0 Å². The minimum atomic E-state index is -0.735. The molecule has 0 saturated carbocycles. The summed E-state index contributed by atoms with van der Waals surface area (Å²) in [4.78, 5) is 14.8. The minimum absolute atomic E-state index is 0.400. The highest BCUT2D eigenvalue weighted by atomic mass is 32.2. The van der Waals surface area contributed by atoms with E-state index in [-0.39, 0.29) is 0 Å². The molecule has 1 aliphatic rings. The number of rotatable bonds is 5. The first kappa shape index (κ1) is 14.0. The van der Waals surface area contributed by atoms with Crippen LogP contribution in [0.1, 0.15) is 11.5 Å². The first-order valence-corrected chi connectivity index (χ1v) is 7.99. The Bertz CT molecular complexity index is 630. The lowest BCUT2D eigenvalue weighted by molar-refractivity contribution is -0.138. The molecule has 0 spiro atoms. The maximum atomic E-state index is 11.4. The summed E-state index contributed by atoms with van der Waals surface area (Å²) >= 11 is 1.80. The maximum absolute atomic E-state index is 11.4. The topological polar surface area (TPSA) is 40.5 Å². The average molecular weight is 299 g/mol. The van der Waals surface area contributed by atoms with Crippen LogP contribution in [0.3, 0.4) is 0 Å². The molecule has 1 unspecified atom stereocenters. The molecular weight excluding hydrogens is 282 g/mol. The number of aliphatic carboxylic acids is 1. The van der Waals surface area contributed by atoms with Crippen molar-refractivity contribution >= 4 is 23.4 Å². The monoisotopic (exact) mass is 299 g/mol. The molecule has 0 amide bonds. The molecule has 0 aromatic heterocycles. The first-order valence-electron chi connectivity index (χ1n) is 7.00. The zero-order valence-corrected chi connectivity index (χ0v) is 12.4. The van der Waals surface area contributed by atoms with E-state index in [0.29, 0.717) is 6.54 Å². The normalized spacial score (nSPS) is 16.8. The van der Waals surface area contributed by atoms with Gasteiger partial charge in [-0.25, -0.2) is 0 Å². The van der Waals surface area contributed by atoms with Gasteiger partial charge < -0.3 is 10.0 Å². The van der Waals surface area contributed by atoms with E-state index in [1.165, 1.54) is 4.90 Å². The second-order valence-electron chi connectivity index (χ2n) is 5.06. The van der Waals surface area contributed by atoms with Gasteiger partial charge in [0.05, 0.1) is 0 Å². The van der Waals surface area contributed by atoms with Gasteiger partial charge in [-0.15, -0.1) is 11.8 Å². The summed E-state index contributed by atoms with van der Waals surface area (Å²) < 4.78 is 0. The van der Waals surface area contributed by atoms with Gasteiger partial charge >= 0.3 is 5.97 Å².